The highest BCUT2D eigenvalue weighted by molar-refractivity contribution is 6.32. The summed E-state index contributed by atoms with van der Waals surface area (Å²) in [4.78, 5) is 0. The second-order valence-electron chi connectivity index (χ2n) is 4.67. The highest BCUT2D eigenvalue weighted by Gasteiger charge is 2.09. The summed E-state index contributed by atoms with van der Waals surface area (Å²) >= 11 is 6.24. The molecule has 5 heteroatoms. The lowest BCUT2D eigenvalue weighted by Crippen LogP contribution is -2.14. The molecule has 0 saturated carbocycles. The molecule has 20 heavy (non-hydrogen) atoms. The Morgan fingerprint density at radius 2 is 2.20 bits per heavy atom. The number of aryl methyl sites for hydroxylation is 1. The first-order valence-corrected chi connectivity index (χ1v) is 7.18. The van der Waals surface area contributed by atoms with Gasteiger partial charge in [-0.1, -0.05) is 30.7 Å². The van der Waals surface area contributed by atoms with Crippen LogP contribution in [0.5, 0.6) is 5.75 Å². The van der Waals surface area contributed by atoms with Crippen molar-refractivity contribution in [1.82, 2.24) is 15.1 Å². The van der Waals surface area contributed by atoms with Crippen molar-refractivity contribution in [1.29, 1.82) is 0 Å². The van der Waals surface area contributed by atoms with Crippen LogP contribution >= 0.6 is 11.6 Å². The molecule has 0 aliphatic carbocycles. The van der Waals surface area contributed by atoms with Gasteiger partial charge in [0.15, 0.2) is 0 Å². The molecular weight excluding hydrogens is 274 g/mol. The van der Waals surface area contributed by atoms with Crippen molar-refractivity contribution in [2.75, 3.05) is 6.54 Å². The summed E-state index contributed by atoms with van der Waals surface area (Å²) in [5.41, 5.74) is 1.96. The molecule has 1 aromatic carbocycles. The average molecular weight is 294 g/mol. The summed E-state index contributed by atoms with van der Waals surface area (Å²) in [5.74, 6) is 0.739. The number of hydrogen-bond donors (Lipinski definition) is 1. The molecule has 0 aliphatic rings. The van der Waals surface area contributed by atoms with Crippen molar-refractivity contribution in [3.8, 4) is 5.75 Å². The van der Waals surface area contributed by atoms with Crippen LogP contribution in [0, 0.1) is 0 Å². The van der Waals surface area contributed by atoms with Gasteiger partial charge in [0.25, 0.3) is 0 Å². The van der Waals surface area contributed by atoms with E-state index in [4.69, 9.17) is 16.3 Å². The molecule has 0 atom stereocenters. The predicted molar refractivity (Wildman–Crippen MR) is 81.0 cm³/mol. The zero-order valence-electron chi connectivity index (χ0n) is 11.9. The van der Waals surface area contributed by atoms with E-state index >= 15 is 0 Å². The quantitative estimate of drug-likeness (QED) is 0.797. The maximum atomic E-state index is 6.24. The van der Waals surface area contributed by atoms with Gasteiger partial charge in [-0.2, -0.15) is 5.10 Å². The summed E-state index contributed by atoms with van der Waals surface area (Å²) in [7, 11) is 1.89. The Morgan fingerprint density at radius 3 is 2.90 bits per heavy atom. The van der Waals surface area contributed by atoms with Crippen LogP contribution in [0.1, 0.15) is 24.6 Å². The van der Waals surface area contributed by atoms with Gasteiger partial charge in [0.05, 0.1) is 10.7 Å². The molecule has 4 nitrogen and oxygen atoms in total. The molecule has 0 unspecified atom stereocenters. The zero-order chi connectivity index (χ0) is 14.4. The molecule has 0 saturated heterocycles. The molecule has 0 amide bonds. The molecule has 0 fully saturated rings. The van der Waals surface area contributed by atoms with Crippen molar-refractivity contribution < 1.29 is 4.74 Å². The van der Waals surface area contributed by atoms with E-state index in [1.807, 2.05) is 37.5 Å². The van der Waals surface area contributed by atoms with Crippen molar-refractivity contribution in [2.24, 2.45) is 7.05 Å². The van der Waals surface area contributed by atoms with Crippen LogP contribution < -0.4 is 10.1 Å². The maximum absolute atomic E-state index is 6.24. The van der Waals surface area contributed by atoms with E-state index in [1.54, 1.807) is 4.68 Å². The van der Waals surface area contributed by atoms with Crippen molar-refractivity contribution in [3.05, 3.63) is 46.7 Å². The first kappa shape index (κ1) is 14.9. The van der Waals surface area contributed by atoms with Crippen molar-refractivity contribution in [3.63, 3.8) is 0 Å². The van der Waals surface area contributed by atoms with Crippen LogP contribution in [0.4, 0.5) is 0 Å². The van der Waals surface area contributed by atoms with E-state index in [0.29, 0.717) is 11.6 Å². The Morgan fingerprint density at radius 1 is 1.35 bits per heavy atom. The minimum absolute atomic E-state index is 0.422. The fourth-order valence-electron chi connectivity index (χ4n) is 1.94. The summed E-state index contributed by atoms with van der Waals surface area (Å²) in [6, 6.07) is 7.76. The van der Waals surface area contributed by atoms with E-state index in [2.05, 4.69) is 17.3 Å². The second-order valence-corrected chi connectivity index (χ2v) is 5.08. The normalized spacial score (nSPS) is 10.8. The number of nitrogens with zero attached hydrogens (tertiary/aromatic N) is 2. The lowest BCUT2D eigenvalue weighted by Gasteiger charge is -2.13. The van der Waals surface area contributed by atoms with Crippen LogP contribution in [0.2, 0.25) is 5.02 Å². The summed E-state index contributed by atoms with van der Waals surface area (Å²) in [6.07, 6.45) is 3.00. The number of ether oxygens (including phenoxy) is 1. The summed E-state index contributed by atoms with van der Waals surface area (Å²) in [6.45, 7) is 4.30. The van der Waals surface area contributed by atoms with Gasteiger partial charge in [-0.3, -0.25) is 4.68 Å². The second kappa shape index (κ2) is 7.31. The number of rotatable bonds is 7. The lowest BCUT2D eigenvalue weighted by atomic mass is 10.2. The summed E-state index contributed by atoms with van der Waals surface area (Å²) in [5, 5.41) is 8.29. The first-order chi connectivity index (χ1) is 9.70. The van der Waals surface area contributed by atoms with Crippen LogP contribution in [-0.2, 0) is 20.2 Å². The summed E-state index contributed by atoms with van der Waals surface area (Å²) < 4.78 is 7.61. The lowest BCUT2D eigenvalue weighted by molar-refractivity contribution is 0.296. The fraction of sp³-hybridized carbons (Fsp3) is 0.400. The molecule has 2 rings (SSSR count). The average Bonchev–Trinajstić information content (AvgIpc) is 2.84. The van der Waals surface area contributed by atoms with Gasteiger partial charge < -0.3 is 10.1 Å². The topological polar surface area (TPSA) is 39.1 Å². The van der Waals surface area contributed by atoms with Gasteiger partial charge in [-0.05, 0) is 25.1 Å². The molecule has 0 bridgehead atoms. The van der Waals surface area contributed by atoms with Gasteiger partial charge in [0.2, 0.25) is 0 Å². The van der Waals surface area contributed by atoms with Crippen LogP contribution in [0.25, 0.3) is 0 Å². The minimum Gasteiger partial charge on any atom is -0.485 e. The molecule has 1 N–H and O–H groups in total. The molecule has 0 radical (unpaired) electrons. The number of aromatic nitrogens is 2. The molecule has 0 aliphatic heterocycles. The Hall–Kier alpha value is -1.52. The number of hydrogen-bond acceptors (Lipinski definition) is 3. The van der Waals surface area contributed by atoms with E-state index in [0.717, 1.165) is 36.5 Å². The largest absolute Gasteiger partial charge is 0.485 e. The monoisotopic (exact) mass is 293 g/mol. The van der Waals surface area contributed by atoms with E-state index < -0.39 is 0 Å². The Labute approximate surface area is 124 Å². The smallest absolute Gasteiger partial charge is 0.142 e. The highest BCUT2D eigenvalue weighted by Crippen LogP contribution is 2.29. The van der Waals surface area contributed by atoms with Gasteiger partial charge in [0.1, 0.15) is 12.4 Å². The third-order valence-corrected chi connectivity index (χ3v) is 3.22. The number of nitrogens with one attached hydrogen (secondary N) is 1. The van der Waals surface area contributed by atoms with Gasteiger partial charge in [0, 0.05) is 25.4 Å². The fourth-order valence-corrected chi connectivity index (χ4v) is 2.19. The van der Waals surface area contributed by atoms with Crippen molar-refractivity contribution in [2.45, 2.75) is 26.5 Å². The minimum atomic E-state index is 0.422. The van der Waals surface area contributed by atoms with E-state index in [9.17, 15) is 0 Å². The third-order valence-electron chi connectivity index (χ3n) is 2.92. The standard InChI is InChI=1S/C15H20ClN3O/c1-3-8-17-10-12-5-4-6-14(16)15(12)20-11-13-7-9-19(2)18-13/h4-7,9,17H,3,8,10-11H2,1-2H3. The van der Waals surface area contributed by atoms with E-state index in [-0.39, 0.29) is 0 Å². The third kappa shape index (κ3) is 3.99. The van der Waals surface area contributed by atoms with E-state index in [1.165, 1.54) is 0 Å². The molecular formula is C15H20ClN3O. The number of benzene rings is 1. The highest BCUT2D eigenvalue weighted by atomic mass is 35.5. The van der Waals surface area contributed by atoms with Gasteiger partial charge in [-0.25, -0.2) is 0 Å². The number of halogens is 1. The van der Waals surface area contributed by atoms with Crippen LogP contribution in [-0.4, -0.2) is 16.3 Å². The Kier molecular flexibility index (Phi) is 5.44. The first-order valence-electron chi connectivity index (χ1n) is 6.80. The van der Waals surface area contributed by atoms with Crippen LogP contribution in [0.15, 0.2) is 30.5 Å². The Balaban J connectivity index is 2.04. The Bertz CT molecular complexity index is 554. The molecule has 0 spiro atoms. The molecule has 1 heterocycles. The number of para-hydroxylation sites is 1. The molecule has 2 aromatic rings. The van der Waals surface area contributed by atoms with Gasteiger partial charge in [-0.15, -0.1) is 0 Å². The maximum Gasteiger partial charge on any atom is 0.142 e. The SMILES string of the molecule is CCCNCc1cccc(Cl)c1OCc1ccn(C)n1. The molecule has 108 valence electrons. The zero-order valence-corrected chi connectivity index (χ0v) is 12.7. The molecule has 1 aromatic heterocycles. The predicted octanol–water partition coefficient (Wildman–Crippen LogP) is 3.15. The van der Waals surface area contributed by atoms with Crippen molar-refractivity contribution >= 4 is 11.6 Å². The van der Waals surface area contributed by atoms with Gasteiger partial charge >= 0.3 is 0 Å². The van der Waals surface area contributed by atoms with Crippen LogP contribution in [0.3, 0.4) is 0 Å².